The van der Waals surface area contributed by atoms with Gasteiger partial charge in [0, 0.05) is 0 Å². The van der Waals surface area contributed by atoms with Crippen LogP contribution in [0.2, 0.25) is 0 Å². The molecule has 0 radical (unpaired) electrons. The summed E-state index contributed by atoms with van der Waals surface area (Å²) in [5.41, 5.74) is 2.87. The predicted molar refractivity (Wildman–Crippen MR) is 134 cm³/mol. The molecule has 3 rings (SSSR count). The number of hydrogen-bond donors (Lipinski definition) is 2. The van der Waals surface area contributed by atoms with Crippen LogP contribution in [0.1, 0.15) is 116 Å². The van der Waals surface area contributed by atoms with Gasteiger partial charge in [-0.15, -0.1) is 0 Å². The Morgan fingerprint density at radius 3 is 1.62 bits per heavy atom. The normalized spacial score (nSPS) is 25.2. The van der Waals surface area contributed by atoms with Gasteiger partial charge in [-0.1, -0.05) is 0 Å². The van der Waals surface area contributed by atoms with E-state index in [2.05, 4.69) is 30.0 Å². The van der Waals surface area contributed by atoms with E-state index in [0.29, 0.717) is 0 Å². The van der Waals surface area contributed by atoms with Crippen LogP contribution in [-0.4, -0.2) is 28.8 Å². The third-order valence-corrected chi connectivity index (χ3v) is 16.8. The van der Waals surface area contributed by atoms with Crippen LogP contribution in [0.4, 0.5) is 0 Å². The van der Waals surface area contributed by atoms with Crippen LogP contribution in [0.15, 0.2) is 12.4 Å². The first-order valence-electron chi connectivity index (χ1n) is 13.1. The van der Waals surface area contributed by atoms with Gasteiger partial charge in [0.25, 0.3) is 0 Å². The van der Waals surface area contributed by atoms with Crippen molar-refractivity contribution in [3.63, 3.8) is 0 Å². The Balaban J connectivity index is 1.82. The Bertz CT molecular complexity index is 420. The molecule has 3 fully saturated rings. The minimum atomic E-state index is -1.70. The van der Waals surface area contributed by atoms with E-state index in [0.717, 1.165) is 23.5 Å². The molecular formula is C25H48ClN2P. The fraction of sp³-hybridized carbons (Fsp3) is 0.920. The molecule has 3 aliphatic carbocycles. The van der Waals surface area contributed by atoms with E-state index in [9.17, 15) is 0 Å². The van der Waals surface area contributed by atoms with Crippen LogP contribution < -0.4 is 10.6 Å². The Hall–Kier alpha value is 0.0600. The molecule has 0 aromatic rings. The first kappa shape index (κ1) is 23.7. The van der Waals surface area contributed by atoms with Gasteiger partial charge in [-0.25, -0.2) is 0 Å². The van der Waals surface area contributed by atoms with Gasteiger partial charge >= 0.3 is 187 Å². The molecule has 0 spiro atoms. The zero-order valence-electron chi connectivity index (χ0n) is 19.1. The average Bonchev–Trinajstić information content (AvgIpc) is 2.79. The van der Waals surface area contributed by atoms with Crippen LogP contribution in [0.25, 0.3) is 0 Å². The van der Waals surface area contributed by atoms with Gasteiger partial charge in [0.05, 0.1) is 0 Å². The van der Waals surface area contributed by atoms with Gasteiger partial charge in [0.15, 0.2) is 0 Å². The SMILES string of the molecule is CCCCN/C=C\N[C@H](Cl)[PH](C1CCCCC1)(C1CCCCC1)C1CCCCC1. The molecule has 0 unspecified atom stereocenters. The number of nitrogens with one attached hydrogen (secondary N) is 2. The molecule has 2 nitrogen and oxygen atoms in total. The molecule has 29 heavy (non-hydrogen) atoms. The van der Waals surface area contributed by atoms with Crippen LogP contribution in [0.5, 0.6) is 0 Å². The molecule has 0 saturated heterocycles. The van der Waals surface area contributed by atoms with Crippen LogP contribution >= 0.6 is 18.9 Å². The minimum absolute atomic E-state index is 0.209. The summed E-state index contributed by atoms with van der Waals surface area (Å²) >= 11 is 7.52. The van der Waals surface area contributed by atoms with E-state index in [-0.39, 0.29) is 5.24 Å². The predicted octanol–water partition coefficient (Wildman–Crippen LogP) is 7.71. The van der Waals surface area contributed by atoms with Gasteiger partial charge in [-0.2, -0.15) is 0 Å². The van der Waals surface area contributed by atoms with Crippen molar-refractivity contribution in [3.8, 4) is 0 Å². The molecule has 0 aromatic carbocycles. The molecule has 3 saturated carbocycles. The number of unbranched alkanes of at least 4 members (excludes halogenated alkanes) is 1. The molecule has 0 aliphatic heterocycles. The second-order valence-corrected chi connectivity index (χ2v) is 16.0. The van der Waals surface area contributed by atoms with Crippen molar-refractivity contribution in [2.75, 3.05) is 6.54 Å². The second kappa shape index (κ2) is 12.8. The monoisotopic (exact) mass is 442 g/mol. The van der Waals surface area contributed by atoms with Crippen molar-refractivity contribution in [1.82, 2.24) is 10.6 Å². The summed E-state index contributed by atoms with van der Waals surface area (Å²) in [6.45, 7) is 3.31. The molecule has 3 aliphatic rings. The van der Waals surface area contributed by atoms with Crippen LogP contribution in [0, 0.1) is 0 Å². The fourth-order valence-electron chi connectivity index (χ4n) is 7.13. The van der Waals surface area contributed by atoms with Crippen LogP contribution in [0.3, 0.4) is 0 Å². The first-order valence-corrected chi connectivity index (χ1v) is 15.8. The summed E-state index contributed by atoms with van der Waals surface area (Å²) in [6, 6.07) is 0. The van der Waals surface area contributed by atoms with E-state index < -0.39 is 7.26 Å². The third-order valence-electron chi connectivity index (χ3n) is 8.49. The van der Waals surface area contributed by atoms with Gasteiger partial charge in [-0.05, 0) is 0 Å². The Labute approximate surface area is 186 Å². The van der Waals surface area contributed by atoms with E-state index in [1.807, 2.05) is 0 Å². The maximum absolute atomic E-state index is 7.52. The molecule has 4 heteroatoms. The van der Waals surface area contributed by atoms with Crippen molar-refractivity contribution in [2.24, 2.45) is 0 Å². The number of halogens is 1. The number of hydrogen-bond acceptors (Lipinski definition) is 2. The molecule has 2 N–H and O–H groups in total. The van der Waals surface area contributed by atoms with Crippen molar-refractivity contribution in [3.05, 3.63) is 12.4 Å². The summed E-state index contributed by atoms with van der Waals surface area (Å²) in [5, 5.41) is 7.43. The standard InChI is InChI=1S/C25H48ClN2P/c1-2-3-19-27-20-21-28-25(26)29(22-13-7-4-8-14-22,23-15-9-5-10-16-23)24-17-11-6-12-18-24/h20-25,27-29H,2-19H2,1H3/b21-20-/t25-/m0/s1. The van der Waals surface area contributed by atoms with Gasteiger partial charge in [0.1, 0.15) is 0 Å². The first-order chi connectivity index (χ1) is 14.3. The van der Waals surface area contributed by atoms with E-state index in [4.69, 9.17) is 11.6 Å². The van der Waals surface area contributed by atoms with Crippen molar-refractivity contribution < 1.29 is 0 Å². The summed E-state index contributed by atoms with van der Waals surface area (Å²) < 4.78 is 0. The van der Waals surface area contributed by atoms with E-state index >= 15 is 0 Å². The molecule has 170 valence electrons. The third kappa shape index (κ3) is 6.06. The Morgan fingerprint density at radius 2 is 1.21 bits per heavy atom. The van der Waals surface area contributed by atoms with Gasteiger partial charge in [-0.3, -0.25) is 0 Å². The summed E-state index contributed by atoms with van der Waals surface area (Å²) in [5.74, 6) is 0. The van der Waals surface area contributed by atoms with Crippen molar-refractivity contribution in [2.45, 2.75) is 138 Å². The van der Waals surface area contributed by atoms with Gasteiger partial charge in [0.2, 0.25) is 0 Å². The molecule has 0 amide bonds. The maximum atomic E-state index is 7.52. The quantitative estimate of drug-likeness (QED) is 0.157. The molecular weight excluding hydrogens is 395 g/mol. The summed E-state index contributed by atoms with van der Waals surface area (Å²) in [6.07, 6.45) is 28.7. The van der Waals surface area contributed by atoms with Gasteiger partial charge < -0.3 is 0 Å². The number of alkyl halides is 1. The van der Waals surface area contributed by atoms with Crippen LogP contribution in [-0.2, 0) is 0 Å². The fourth-order valence-corrected chi connectivity index (χ4v) is 16.7. The zero-order chi connectivity index (χ0) is 20.4. The summed E-state index contributed by atoms with van der Waals surface area (Å²) in [4.78, 5) is 0. The number of rotatable bonds is 10. The Morgan fingerprint density at radius 1 is 0.759 bits per heavy atom. The topological polar surface area (TPSA) is 24.1 Å². The van der Waals surface area contributed by atoms with Crippen molar-refractivity contribution in [1.29, 1.82) is 0 Å². The zero-order valence-corrected chi connectivity index (χ0v) is 20.8. The molecule has 0 bridgehead atoms. The Kier molecular flexibility index (Phi) is 10.5. The molecule has 1 atom stereocenters. The molecule has 0 heterocycles. The average molecular weight is 443 g/mol. The van der Waals surface area contributed by atoms with Crippen molar-refractivity contribution >= 4 is 18.9 Å². The van der Waals surface area contributed by atoms with E-state index in [1.54, 1.807) is 0 Å². The summed E-state index contributed by atoms with van der Waals surface area (Å²) in [7, 11) is -1.70. The molecule has 0 aromatic heterocycles. The second-order valence-electron chi connectivity index (χ2n) is 10.2. The van der Waals surface area contributed by atoms with E-state index in [1.165, 1.54) is 109 Å².